The Labute approximate surface area is 369 Å². The topological polar surface area (TPSA) is 33.5 Å². The zero-order valence-corrected chi connectivity index (χ0v) is 38.1. The summed E-state index contributed by atoms with van der Waals surface area (Å²) in [6.45, 7) is 22.5. The SMILES string of the molecule is CC(C)(C)c1cc(Oc2[c-]c3c(cc2)c2ccccc2n3-c2cc(C(C)(C)C)ccn2)[c-]c(N2[CH-]N(c3ccc(-c4ccccc4)c(C(C)(C)C)c3)c3ccccc32)c1.[Pt]. The van der Waals surface area contributed by atoms with Crippen LogP contribution in [-0.2, 0) is 37.3 Å². The molecule has 6 aromatic carbocycles. The second-order valence-corrected chi connectivity index (χ2v) is 18.8. The summed E-state index contributed by atoms with van der Waals surface area (Å²) in [6, 6.07) is 54.7. The summed E-state index contributed by atoms with van der Waals surface area (Å²) in [5.41, 5.74) is 12.1. The van der Waals surface area contributed by atoms with Gasteiger partial charge in [-0.3, -0.25) is 0 Å². The van der Waals surface area contributed by atoms with Crippen LogP contribution < -0.4 is 14.5 Å². The van der Waals surface area contributed by atoms with Crippen molar-refractivity contribution in [3.8, 4) is 28.4 Å². The van der Waals surface area contributed by atoms with E-state index in [9.17, 15) is 0 Å². The molecule has 60 heavy (non-hydrogen) atoms. The Morgan fingerprint density at radius 3 is 1.97 bits per heavy atom. The predicted molar refractivity (Wildman–Crippen MR) is 246 cm³/mol. The van der Waals surface area contributed by atoms with Crippen LogP contribution in [0, 0.1) is 18.8 Å². The van der Waals surface area contributed by atoms with Gasteiger partial charge in [0.2, 0.25) is 0 Å². The summed E-state index contributed by atoms with van der Waals surface area (Å²) in [5.74, 6) is 2.10. The fourth-order valence-corrected chi connectivity index (χ4v) is 8.12. The fraction of sp³-hybridized carbons (Fsp3) is 0.222. The van der Waals surface area contributed by atoms with Crippen LogP contribution in [0.3, 0.4) is 0 Å². The van der Waals surface area contributed by atoms with Crippen molar-refractivity contribution < 1.29 is 25.8 Å². The van der Waals surface area contributed by atoms with Crippen molar-refractivity contribution in [2.45, 2.75) is 78.6 Å². The van der Waals surface area contributed by atoms with Gasteiger partial charge in [-0.1, -0.05) is 135 Å². The molecule has 6 heteroatoms. The van der Waals surface area contributed by atoms with E-state index in [1.807, 2.05) is 12.3 Å². The molecule has 0 radical (unpaired) electrons. The minimum absolute atomic E-state index is 0. The molecule has 2 aromatic heterocycles. The summed E-state index contributed by atoms with van der Waals surface area (Å²) in [4.78, 5) is 9.39. The standard InChI is InChI=1S/C54H51N4O.Pt/c1-52(2,3)37-27-28-55-51(31-37)58-47-20-14-13-19-44(47)45-26-24-41(34-50(45)58)59-42-30-38(53(4,5)6)29-40(32-42)57-35-56(48-21-15-16-22-49(48)57)39-23-25-43(36-17-11-10-12-18-36)46(33-39)54(7,8)9;/h10-31,33,35H,1-9H3;/q-3;. The molecule has 8 aromatic rings. The molecule has 1 aliphatic heterocycles. The van der Waals surface area contributed by atoms with Gasteiger partial charge in [0.15, 0.2) is 0 Å². The molecule has 5 nitrogen and oxygen atoms in total. The van der Waals surface area contributed by atoms with Gasteiger partial charge in [0.05, 0.1) is 0 Å². The van der Waals surface area contributed by atoms with Crippen LogP contribution in [0.15, 0.2) is 140 Å². The van der Waals surface area contributed by atoms with Crippen LogP contribution in [0.1, 0.15) is 79.0 Å². The first kappa shape index (κ1) is 41.1. The number of hydrogen-bond acceptors (Lipinski definition) is 4. The van der Waals surface area contributed by atoms with Gasteiger partial charge in [0, 0.05) is 61.3 Å². The summed E-state index contributed by atoms with van der Waals surface area (Å²) in [6.07, 6.45) is 1.91. The van der Waals surface area contributed by atoms with E-state index in [2.05, 4.69) is 223 Å². The van der Waals surface area contributed by atoms with Crippen LogP contribution >= 0.6 is 0 Å². The van der Waals surface area contributed by atoms with Gasteiger partial charge in [0.25, 0.3) is 0 Å². The van der Waals surface area contributed by atoms with Crippen LogP contribution in [0.2, 0.25) is 0 Å². The third kappa shape index (κ3) is 7.65. The van der Waals surface area contributed by atoms with Crippen molar-refractivity contribution >= 4 is 44.6 Å². The second kappa shape index (κ2) is 15.4. The normalized spacial score (nSPS) is 13.2. The Bertz CT molecular complexity index is 2860. The van der Waals surface area contributed by atoms with Crippen molar-refractivity contribution in [1.29, 1.82) is 0 Å². The first-order chi connectivity index (χ1) is 28.1. The monoisotopic (exact) mass is 966 g/mol. The van der Waals surface area contributed by atoms with Crippen molar-refractivity contribution in [3.63, 3.8) is 0 Å². The number of anilines is 4. The predicted octanol–water partition coefficient (Wildman–Crippen LogP) is 14.5. The smallest absolute Gasteiger partial charge is 0.135 e. The maximum atomic E-state index is 6.80. The molecule has 3 heterocycles. The van der Waals surface area contributed by atoms with Crippen LogP contribution in [0.4, 0.5) is 22.7 Å². The number of para-hydroxylation sites is 3. The average molecular weight is 967 g/mol. The minimum Gasteiger partial charge on any atom is -0.509 e. The van der Waals surface area contributed by atoms with Gasteiger partial charge in [0.1, 0.15) is 5.82 Å². The van der Waals surface area contributed by atoms with E-state index in [1.165, 1.54) is 22.3 Å². The number of rotatable bonds is 6. The number of aromatic nitrogens is 2. The molecule has 0 saturated carbocycles. The summed E-state index contributed by atoms with van der Waals surface area (Å²) < 4.78 is 9.00. The average Bonchev–Trinajstić information content (AvgIpc) is 3.76. The molecule has 0 fully saturated rings. The summed E-state index contributed by atoms with van der Waals surface area (Å²) in [7, 11) is 0. The maximum Gasteiger partial charge on any atom is 0.135 e. The molecule has 0 amide bonds. The van der Waals surface area contributed by atoms with Crippen LogP contribution in [-0.4, -0.2) is 9.55 Å². The molecular weight excluding hydrogens is 916 g/mol. The van der Waals surface area contributed by atoms with Gasteiger partial charge in [-0.15, -0.1) is 53.6 Å². The van der Waals surface area contributed by atoms with Gasteiger partial charge in [-0.25, -0.2) is 4.98 Å². The Morgan fingerprint density at radius 2 is 1.25 bits per heavy atom. The summed E-state index contributed by atoms with van der Waals surface area (Å²) >= 11 is 0. The number of benzene rings is 6. The molecule has 0 bridgehead atoms. The van der Waals surface area contributed by atoms with E-state index in [-0.39, 0.29) is 37.3 Å². The van der Waals surface area contributed by atoms with Gasteiger partial charge in [-0.05, 0) is 86.3 Å². The van der Waals surface area contributed by atoms with E-state index in [0.29, 0.717) is 11.5 Å². The first-order valence-corrected chi connectivity index (χ1v) is 20.5. The van der Waals surface area contributed by atoms with E-state index in [0.717, 1.165) is 55.9 Å². The van der Waals surface area contributed by atoms with Crippen LogP contribution in [0.25, 0.3) is 38.8 Å². The first-order valence-electron chi connectivity index (χ1n) is 20.5. The third-order valence-electron chi connectivity index (χ3n) is 11.4. The zero-order chi connectivity index (χ0) is 41.3. The van der Waals surface area contributed by atoms with E-state index in [1.54, 1.807) is 0 Å². The Hall–Kier alpha value is -5.64. The zero-order valence-electron chi connectivity index (χ0n) is 35.9. The molecule has 9 rings (SSSR count). The second-order valence-electron chi connectivity index (χ2n) is 18.8. The molecule has 0 atom stereocenters. The van der Waals surface area contributed by atoms with Crippen molar-refractivity contribution in [1.82, 2.24) is 9.55 Å². The van der Waals surface area contributed by atoms with Gasteiger partial charge in [-0.2, -0.15) is 6.07 Å². The van der Waals surface area contributed by atoms with Crippen molar-refractivity contribution in [2.75, 3.05) is 9.80 Å². The maximum absolute atomic E-state index is 6.80. The van der Waals surface area contributed by atoms with Crippen molar-refractivity contribution in [3.05, 3.63) is 175 Å². The number of nitrogens with zero attached hydrogens (tertiary/aromatic N) is 4. The molecule has 306 valence electrons. The quantitative estimate of drug-likeness (QED) is 0.156. The number of hydrogen-bond donors (Lipinski definition) is 0. The Kier molecular flexibility index (Phi) is 10.6. The molecule has 0 aliphatic carbocycles. The fourth-order valence-electron chi connectivity index (χ4n) is 8.12. The van der Waals surface area contributed by atoms with Crippen LogP contribution in [0.5, 0.6) is 11.5 Å². The molecule has 0 unspecified atom stereocenters. The van der Waals surface area contributed by atoms with E-state index in [4.69, 9.17) is 9.72 Å². The van der Waals surface area contributed by atoms with Gasteiger partial charge < -0.3 is 19.1 Å². The van der Waals surface area contributed by atoms with Gasteiger partial charge >= 0.3 is 0 Å². The number of fused-ring (bicyclic) bond motifs is 4. The van der Waals surface area contributed by atoms with Crippen molar-refractivity contribution in [2.24, 2.45) is 0 Å². The van der Waals surface area contributed by atoms with E-state index >= 15 is 0 Å². The minimum atomic E-state index is -0.153. The number of pyridine rings is 1. The van der Waals surface area contributed by atoms with E-state index < -0.39 is 0 Å². The molecular formula is C54H51N4OPt-3. The third-order valence-corrected chi connectivity index (χ3v) is 11.4. The Balaban J connectivity index is 0.00000499. The number of ether oxygens (including phenoxy) is 1. The Morgan fingerprint density at radius 1 is 0.567 bits per heavy atom. The molecule has 1 aliphatic rings. The summed E-state index contributed by atoms with van der Waals surface area (Å²) in [5, 5.41) is 2.24. The molecule has 0 N–H and O–H groups in total. The molecule has 0 saturated heterocycles. The molecule has 0 spiro atoms. The largest absolute Gasteiger partial charge is 0.509 e.